The van der Waals surface area contributed by atoms with Crippen LogP contribution in [0, 0.1) is 5.82 Å². The van der Waals surface area contributed by atoms with Gasteiger partial charge < -0.3 is 15.2 Å². The molecule has 0 aromatic carbocycles. The van der Waals surface area contributed by atoms with Crippen LogP contribution in [-0.4, -0.2) is 56.6 Å². The lowest BCUT2D eigenvalue weighted by Crippen LogP contribution is -2.42. The van der Waals surface area contributed by atoms with Gasteiger partial charge in [0.15, 0.2) is 17.5 Å². The highest BCUT2D eigenvalue weighted by Gasteiger charge is 2.28. The molecule has 0 radical (unpaired) electrons. The minimum atomic E-state index is -4.53. The molecule has 3 heterocycles. The van der Waals surface area contributed by atoms with Gasteiger partial charge in [-0.15, -0.1) is 0 Å². The zero-order valence-electron chi connectivity index (χ0n) is 16.7. The number of hydrogen-bond donors (Lipinski definition) is 2. The summed E-state index contributed by atoms with van der Waals surface area (Å²) in [6.07, 6.45) is 3.27. The molecule has 0 aliphatic rings. The number of unbranched alkanes of at least 4 members (excludes halogenated alkanes) is 2. The summed E-state index contributed by atoms with van der Waals surface area (Å²) in [6, 6.07) is 0. The highest BCUT2D eigenvalue weighted by atomic mass is 19.4. The molecule has 0 aliphatic heterocycles. The molecule has 31 heavy (non-hydrogen) atoms. The van der Waals surface area contributed by atoms with Gasteiger partial charge in [0.2, 0.25) is 5.91 Å². The molecule has 12 heteroatoms. The van der Waals surface area contributed by atoms with E-state index in [-0.39, 0.29) is 18.2 Å². The van der Waals surface area contributed by atoms with Crippen molar-refractivity contribution in [2.45, 2.75) is 32.4 Å². The maximum Gasteiger partial charge on any atom is 0.405 e. The summed E-state index contributed by atoms with van der Waals surface area (Å²) in [4.78, 5) is 32.7. The molecule has 1 amide bonds. The van der Waals surface area contributed by atoms with Crippen molar-refractivity contribution < 1.29 is 22.4 Å². The Bertz CT molecular complexity index is 1040. The molecular formula is C19H21F4N7O. The summed E-state index contributed by atoms with van der Waals surface area (Å²) >= 11 is 0. The van der Waals surface area contributed by atoms with Crippen molar-refractivity contribution in [1.29, 1.82) is 0 Å². The second-order valence-electron chi connectivity index (χ2n) is 6.87. The van der Waals surface area contributed by atoms with Gasteiger partial charge in [0, 0.05) is 29.9 Å². The maximum absolute atomic E-state index is 14.6. The van der Waals surface area contributed by atoms with Crippen LogP contribution in [0.25, 0.3) is 22.4 Å². The van der Waals surface area contributed by atoms with E-state index in [1.165, 1.54) is 11.2 Å². The number of anilines is 1. The molecule has 0 saturated carbocycles. The quantitative estimate of drug-likeness (QED) is 0.392. The zero-order chi connectivity index (χ0) is 22.4. The van der Waals surface area contributed by atoms with Gasteiger partial charge in [-0.2, -0.15) is 13.2 Å². The first-order valence-electron chi connectivity index (χ1n) is 9.67. The number of rotatable bonds is 9. The number of aromatic nitrogens is 5. The summed E-state index contributed by atoms with van der Waals surface area (Å²) in [5.74, 6) is -1.64. The van der Waals surface area contributed by atoms with Gasteiger partial charge in [0.1, 0.15) is 18.5 Å². The van der Waals surface area contributed by atoms with Gasteiger partial charge in [0.05, 0.1) is 12.7 Å². The summed E-state index contributed by atoms with van der Waals surface area (Å²) in [5, 5.41) is 2.43. The number of fused-ring (bicyclic) bond motifs is 1. The van der Waals surface area contributed by atoms with Crippen LogP contribution in [0.2, 0.25) is 0 Å². The number of carbonyl (C=O) groups is 1. The molecule has 3 aromatic heterocycles. The van der Waals surface area contributed by atoms with Crippen molar-refractivity contribution in [3.05, 3.63) is 30.7 Å². The van der Waals surface area contributed by atoms with Crippen LogP contribution < -0.4 is 10.2 Å². The Morgan fingerprint density at radius 1 is 1.23 bits per heavy atom. The van der Waals surface area contributed by atoms with E-state index in [4.69, 9.17) is 0 Å². The number of H-pyrrole nitrogens is 1. The van der Waals surface area contributed by atoms with Gasteiger partial charge >= 0.3 is 6.18 Å². The third-order valence-corrected chi connectivity index (χ3v) is 4.47. The Morgan fingerprint density at radius 2 is 2.03 bits per heavy atom. The highest BCUT2D eigenvalue weighted by molar-refractivity contribution is 5.91. The normalized spacial score (nSPS) is 11.6. The van der Waals surface area contributed by atoms with E-state index in [2.05, 4.69) is 24.9 Å². The molecule has 3 aromatic rings. The number of halogens is 4. The monoisotopic (exact) mass is 439 g/mol. The third kappa shape index (κ3) is 5.86. The van der Waals surface area contributed by atoms with Crippen molar-refractivity contribution in [2.75, 3.05) is 24.5 Å². The molecule has 0 unspecified atom stereocenters. The predicted octanol–water partition coefficient (Wildman–Crippen LogP) is 3.23. The van der Waals surface area contributed by atoms with Crippen LogP contribution in [0.4, 0.5) is 23.4 Å². The third-order valence-electron chi connectivity index (χ3n) is 4.47. The van der Waals surface area contributed by atoms with Crippen molar-refractivity contribution in [1.82, 2.24) is 30.2 Å². The number of alkyl halides is 3. The first-order valence-corrected chi connectivity index (χ1v) is 9.67. The van der Waals surface area contributed by atoms with Gasteiger partial charge in [-0.3, -0.25) is 4.79 Å². The van der Waals surface area contributed by atoms with Crippen LogP contribution in [0.5, 0.6) is 0 Å². The van der Waals surface area contributed by atoms with Crippen molar-refractivity contribution in [3.8, 4) is 11.4 Å². The molecule has 0 saturated heterocycles. The maximum atomic E-state index is 14.6. The Balaban J connectivity index is 1.88. The molecule has 0 bridgehead atoms. The number of hydrogen-bond acceptors (Lipinski definition) is 6. The molecule has 0 aliphatic carbocycles. The van der Waals surface area contributed by atoms with Crippen LogP contribution >= 0.6 is 0 Å². The van der Waals surface area contributed by atoms with Crippen LogP contribution in [0.15, 0.2) is 24.9 Å². The van der Waals surface area contributed by atoms with E-state index in [9.17, 15) is 22.4 Å². The van der Waals surface area contributed by atoms with E-state index in [1.54, 1.807) is 17.7 Å². The summed E-state index contributed by atoms with van der Waals surface area (Å²) in [5.41, 5.74) is 1.08. The molecule has 2 N–H and O–H groups in total. The average molecular weight is 439 g/mol. The van der Waals surface area contributed by atoms with Crippen molar-refractivity contribution in [3.63, 3.8) is 0 Å². The number of aromatic amines is 1. The molecule has 8 nitrogen and oxygen atoms in total. The minimum Gasteiger partial charge on any atom is -0.345 e. The second kappa shape index (κ2) is 9.67. The van der Waals surface area contributed by atoms with Gasteiger partial charge in [-0.05, 0) is 6.42 Å². The molecule has 0 spiro atoms. The first-order chi connectivity index (χ1) is 14.8. The molecule has 0 fully saturated rings. The Kier molecular flexibility index (Phi) is 6.98. The Hall–Kier alpha value is -3.31. The first kappa shape index (κ1) is 22.4. The summed E-state index contributed by atoms with van der Waals surface area (Å²) in [7, 11) is 0. The summed E-state index contributed by atoms with van der Waals surface area (Å²) < 4.78 is 51.8. The Morgan fingerprint density at radius 3 is 2.77 bits per heavy atom. The van der Waals surface area contributed by atoms with Crippen molar-refractivity contribution >= 4 is 22.8 Å². The highest BCUT2D eigenvalue weighted by Crippen LogP contribution is 2.27. The minimum absolute atomic E-state index is 0.158. The fourth-order valence-electron chi connectivity index (χ4n) is 3.00. The lowest BCUT2D eigenvalue weighted by atomic mass is 10.2. The standard InChI is InChI=1S/C19H21F4N7O/c1-2-3-4-5-30(9-15(31)27-10-19(21,22)23)18-14(20)8-26-17(29-18)13-7-25-16-12(13)6-24-11-28-16/h6-8,11H,2-5,9-10H2,1H3,(H,27,31)(H,24,25,28). The fourth-order valence-corrected chi connectivity index (χ4v) is 3.00. The van der Waals surface area contributed by atoms with Crippen molar-refractivity contribution in [2.24, 2.45) is 0 Å². The second-order valence-corrected chi connectivity index (χ2v) is 6.87. The van der Waals surface area contributed by atoms with E-state index in [0.717, 1.165) is 19.0 Å². The largest absolute Gasteiger partial charge is 0.405 e. The van der Waals surface area contributed by atoms with Crippen LogP contribution in [0.1, 0.15) is 26.2 Å². The van der Waals surface area contributed by atoms with E-state index < -0.39 is 31.0 Å². The number of amides is 1. The van der Waals surface area contributed by atoms with Gasteiger partial charge in [0.25, 0.3) is 0 Å². The molecule has 3 rings (SSSR count). The number of carbonyl (C=O) groups excluding carboxylic acids is 1. The van der Waals surface area contributed by atoms with Gasteiger partial charge in [-0.1, -0.05) is 19.8 Å². The number of nitrogens with zero attached hydrogens (tertiary/aromatic N) is 5. The van der Waals surface area contributed by atoms with Crippen LogP contribution in [0.3, 0.4) is 0 Å². The topological polar surface area (TPSA) is 99.7 Å². The SMILES string of the molecule is CCCCCN(CC(=O)NCC(F)(F)F)c1nc(-c2c[nH]c3ncncc23)ncc1F. The smallest absolute Gasteiger partial charge is 0.345 e. The predicted molar refractivity (Wildman–Crippen MR) is 106 cm³/mol. The summed E-state index contributed by atoms with van der Waals surface area (Å²) in [6.45, 7) is 0.298. The lowest BCUT2D eigenvalue weighted by Gasteiger charge is -2.24. The van der Waals surface area contributed by atoms with Crippen LogP contribution in [-0.2, 0) is 4.79 Å². The number of nitrogens with one attached hydrogen (secondary N) is 2. The van der Waals surface area contributed by atoms with E-state index in [0.29, 0.717) is 23.0 Å². The molecule has 166 valence electrons. The average Bonchev–Trinajstić information content (AvgIpc) is 3.16. The fraction of sp³-hybridized carbons (Fsp3) is 0.421. The molecular weight excluding hydrogens is 418 g/mol. The van der Waals surface area contributed by atoms with E-state index in [1.807, 2.05) is 6.92 Å². The van der Waals surface area contributed by atoms with E-state index >= 15 is 0 Å². The molecule has 0 atom stereocenters. The lowest BCUT2D eigenvalue weighted by molar-refractivity contribution is -0.137. The Labute approximate surface area is 175 Å². The van der Waals surface area contributed by atoms with Gasteiger partial charge in [-0.25, -0.2) is 24.3 Å². The zero-order valence-corrected chi connectivity index (χ0v) is 16.7.